The van der Waals surface area contributed by atoms with Gasteiger partial charge in [-0.1, -0.05) is 12.1 Å². The summed E-state index contributed by atoms with van der Waals surface area (Å²) in [5.41, 5.74) is 2.04. The van der Waals surface area contributed by atoms with Crippen LogP contribution in [0.2, 0.25) is 0 Å². The number of hydrogen-bond acceptors (Lipinski definition) is 5. The Bertz CT molecular complexity index is 448. The fourth-order valence-corrected chi connectivity index (χ4v) is 5.03. The summed E-state index contributed by atoms with van der Waals surface area (Å²) in [6.45, 7) is 2.87. The number of amides is 1. The Morgan fingerprint density at radius 1 is 1.18 bits per heavy atom. The van der Waals surface area contributed by atoms with Gasteiger partial charge in [0.2, 0.25) is 0 Å². The first-order valence-corrected chi connectivity index (χ1v) is 9.72. The van der Waals surface area contributed by atoms with Gasteiger partial charge in [0.05, 0.1) is 11.2 Å². The zero-order valence-electron chi connectivity index (χ0n) is 13.0. The SMILES string of the molecule is COCCNCCNC(=O)c1ccc(C2SCCCS2)cc1. The van der Waals surface area contributed by atoms with E-state index in [9.17, 15) is 4.79 Å². The van der Waals surface area contributed by atoms with E-state index in [0.717, 1.165) is 18.7 Å². The van der Waals surface area contributed by atoms with Gasteiger partial charge in [0.25, 0.3) is 5.91 Å². The van der Waals surface area contributed by atoms with Crippen molar-refractivity contribution in [1.29, 1.82) is 0 Å². The van der Waals surface area contributed by atoms with Gasteiger partial charge in [0, 0.05) is 32.3 Å². The Balaban J connectivity index is 1.73. The van der Waals surface area contributed by atoms with Gasteiger partial charge in [-0.15, -0.1) is 23.5 Å². The lowest BCUT2D eigenvalue weighted by atomic mass is 10.1. The van der Waals surface area contributed by atoms with Gasteiger partial charge < -0.3 is 15.4 Å². The summed E-state index contributed by atoms with van der Waals surface area (Å²) in [6, 6.07) is 8.03. The summed E-state index contributed by atoms with van der Waals surface area (Å²) in [7, 11) is 1.68. The number of methoxy groups -OCH3 is 1. The highest BCUT2D eigenvalue weighted by atomic mass is 32.2. The number of hydrogen-bond donors (Lipinski definition) is 2. The number of carbonyl (C=O) groups is 1. The van der Waals surface area contributed by atoms with Crippen molar-refractivity contribution < 1.29 is 9.53 Å². The molecule has 1 aliphatic heterocycles. The molecule has 2 rings (SSSR count). The van der Waals surface area contributed by atoms with E-state index in [-0.39, 0.29) is 5.91 Å². The molecule has 0 spiro atoms. The molecule has 0 aliphatic carbocycles. The lowest BCUT2D eigenvalue weighted by molar-refractivity contribution is 0.0953. The van der Waals surface area contributed by atoms with Crippen LogP contribution in [0.4, 0.5) is 0 Å². The molecular formula is C16H24N2O2S2. The minimum Gasteiger partial charge on any atom is -0.383 e. The molecule has 1 amide bonds. The molecule has 4 nitrogen and oxygen atoms in total. The highest BCUT2D eigenvalue weighted by molar-refractivity contribution is 8.16. The second-order valence-electron chi connectivity index (χ2n) is 5.05. The van der Waals surface area contributed by atoms with E-state index in [1.807, 2.05) is 35.7 Å². The molecule has 1 aromatic carbocycles. The van der Waals surface area contributed by atoms with Crippen molar-refractivity contribution in [2.45, 2.75) is 11.0 Å². The predicted molar refractivity (Wildman–Crippen MR) is 95.8 cm³/mol. The maximum atomic E-state index is 12.0. The smallest absolute Gasteiger partial charge is 0.251 e. The third-order valence-corrected chi connectivity index (χ3v) is 6.36. The summed E-state index contributed by atoms with van der Waals surface area (Å²) >= 11 is 4.00. The van der Waals surface area contributed by atoms with Gasteiger partial charge in [-0.05, 0) is 35.6 Å². The van der Waals surface area contributed by atoms with E-state index in [2.05, 4.69) is 22.8 Å². The van der Waals surface area contributed by atoms with Crippen LogP contribution in [0.3, 0.4) is 0 Å². The van der Waals surface area contributed by atoms with Crippen molar-refractivity contribution in [2.75, 3.05) is 44.9 Å². The Labute approximate surface area is 141 Å². The molecule has 22 heavy (non-hydrogen) atoms. The highest BCUT2D eigenvalue weighted by Crippen LogP contribution is 2.43. The zero-order valence-corrected chi connectivity index (χ0v) is 14.6. The quantitative estimate of drug-likeness (QED) is 0.712. The van der Waals surface area contributed by atoms with Gasteiger partial charge in [0.15, 0.2) is 0 Å². The van der Waals surface area contributed by atoms with Gasteiger partial charge in [0.1, 0.15) is 0 Å². The lowest BCUT2D eigenvalue weighted by Crippen LogP contribution is -2.33. The van der Waals surface area contributed by atoms with Crippen LogP contribution in [-0.4, -0.2) is 50.8 Å². The molecule has 0 atom stereocenters. The van der Waals surface area contributed by atoms with E-state index in [1.165, 1.54) is 23.5 Å². The number of ether oxygens (including phenoxy) is 1. The predicted octanol–water partition coefficient (Wildman–Crippen LogP) is 2.52. The molecule has 0 radical (unpaired) electrons. The van der Waals surface area contributed by atoms with Crippen LogP contribution in [0.5, 0.6) is 0 Å². The summed E-state index contributed by atoms with van der Waals surface area (Å²) in [5, 5.41) is 6.12. The van der Waals surface area contributed by atoms with Gasteiger partial charge in [-0.2, -0.15) is 0 Å². The van der Waals surface area contributed by atoms with Crippen LogP contribution < -0.4 is 10.6 Å². The maximum Gasteiger partial charge on any atom is 0.251 e. The first-order valence-electron chi connectivity index (χ1n) is 7.62. The fraction of sp³-hybridized carbons (Fsp3) is 0.562. The minimum atomic E-state index is -0.0101. The molecule has 1 heterocycles. The molecule has 6 heteroatoms. The molecule has 1 aromatic rings. The Morgan fingerprint density at radius 3 is 2.59 bits per heavy atom. The molecule has 0 unspecified atom stereocenters. The normalized spacial score (nSPS) is 15.7. The van der Waals surface area contributed by atoms with Gasteiger partial charge >= 0.3 is 0 Å². The molecule has 0 saturated carbocycles. The van der Waals surface area contributed by atoms with Crippen LogP contribution in [0.25, 0.3) is 0 Å². The largest absolute Gasteiger partial charge is 0.383 e. The van der Waals surface area contributed by atoms with Crippen LogP contribution >= 0.6 is 23.5 Å². The number of nitrogens with one attached hydrogen (secondary N) is 2. The summed E-state index contributed by atoms with van der Waals surface area (Å²) < 4.78 is 5.47. The average Bonchev–Trinajstić information content (AvgIpc) is 2.59. The van der Waals surface area contributed by atoms with Crippen LogP contribution in [0, 0.1) is 0 Å². The Morgan fingerprint density at radius 2 is 1.91 bits per heavy atom. The number of thioether (sulfide) groups is 2. The van der Waals surface area contributed by atoms with Gasteiger partial charge in [-0.3, -0.25) is 4.79 Å². The van der Waals surface area contributed by atoms with E-state index >= 15 is 0 Å². The van der Waals surface area contributed by atoms with E-state index in [4.69, 9.17) is 4.74 Å². The third kappa shape index (κ3) is 5.83. The number of rotatable bonds is 8. The van der Waals surface area contributed by atoms with Crippen molar-refractivity contribution >= 4 is 29.4 Å². The van der Waals surface area contributed by atoms with Crippen molar-refractivity contribution in [1.82, 2.24) is 10.6 Å². The monoisotopic (exact) mass is 340 g/mol. The molecule has 1 aliphatic rings. The van der Waals surface area contributed by atoms with Crippen LogP contribution in [0.15, 0.2) is 24.3 Å². The second kappa shape index (κ2) is 10.2. The topological polar surface area (TPSA) is 50.4 Å². The Kier molecular flexibility index (Phi) is 8.15. The molecule has 2 N–H and O–H groups in total. The maximum absolute atomic E-state index is 12.0. The van der Waals surface area contributed by atoms with Crippen molar-refractivity contribution in [3.63, 3.8) is 0 Å². The minimum absolute atomic E-state index is 0.0101. The van der Waals surface area contributed by atoms with E-state index in [0.29, 0.717) is 17.7 Å². The van der Waals surface area contributed by atoms with Crippen molar-refractivity contribution in [3.05, 3.63) is 35.4 Å². The summed E-state index contributed by atoms with van der Waals surface area (Å²) in [6.07, 6.45) is 1.30. The molecule has 1 saturated heterocycles. The van der Waals surface area contributed by atoms with E-state index in [1.54, 1.807) is 7.11 Å². The first kappa shape index (κ1) is 17.7. The van der Waals surface area contributed by atoms with Crippen molar-refractivity contribution in [3.8, 4) is 0 Å². The lowest BCUT2D eigenvalue weighted by Gasteiger charge is -2.21. The van der Waals surface area contributed by atoms with Crippen LogP contribution in [-0.2, 0) is 4.74 Å². The summed E-state index contributed by atoms with van der Waals surface area (Å²) in [5.74, 6) is 2.45. The molecule has 0 aromatic heterocycles. The molecule has 0 bridgehead atoms. The number of carbonyl (C=O) groups excluding carboxylic acids is 1. The van der Waals surface area contributed by atoms with Gasteiger partial charge in [-0.25, -0.2) is 0 Å². The molecule has 1 fully saturated rings. The highest BCUT2D eigenvalue weighted by Gasteiger charge is 2.16. The van der Waals surface area contributed by atoms with Crippen molar-refractivity contribution in [2.24, 2.45) is 0 Å². The summed E-state index contributed by atoms with van der Waals surface area (Å²) in [4.78, 5) is 12.0. The third-order valence-electron chi connectivity index (χ3n) is 3.34. The van der Waals surface area contributed by atoms with E-state index < -0.39 is 0 Å². The van der Waals surface area contributed by atoms with Crippen LogP contribution in [0.1, 0.15) is 26.9 Å². The number of benzene rings is 1. The fourth-order valence-electron chi connectivity index (χ4n) is 2.14. The molecular weight excluding hydrogens is 316 g/mol. The average molecular weight is 341 g/mol. The standard InChI is InChI=1S/C16H24N2O2S2/c1-20-10-9-17-7-8-18-15(19)13-3-5-14(6-4-13)16-21-11-2-12-22-16/h3-6,16-17H,2,7-12H2,1H3,(H,18,19). The Hall–Kier alpha value is -0.690. The first-order chi connectivity index (χ1) is 10.8. The second-order valence-corrected chi connectivity index (χ2v) is 7.77. The molecule has 122 valence electrons. The zero-order chi connectivity index (χ0) is 15.6.